The predicted octanol–water partition coefficient (Wildman–Crippen LogP) is 1.47. The van der Waals surface area contributed by atoms with E-state index in [4.69, 9.17) is 28.4 Å². The number of carboxylic acids is 2. The Morgan fingerprint density at radius 3 is 2.21 bits per heavy atom. The first-order valence-electron chi connectivity index (χ1n) is 28.4. The monoisotopic (exact) mass is 1240 g/mol. The number of nitrogens with one attached hydrogen (secondary N) is 3. The zero-order valence-electron chi connectivity index (χ0n) is 48.6. The Hall–Kier alpha value is -7.38. The van der Waals surface area contributed by atoms with E-state index >= 15 is 0 Å². The number of carboxylic acid groups (broad SMARTS) is 2. The topological polar surface area (TPSA) is 405 Å². The van der Waals surface area contributed by atoms with Gasteiger partial charge in [-0.2, -0.15) is 8.42 Å². The summed E-state index contributed by atoms with van der Waals surface area (Å²) in [5.41, 5.74) is 1.91. The molecule has 5 amide bonds. The number of aliphatic hydroxyl groups is 3. The summed E-state index contributed by atoms with van der Waals surface area (Å²) in [4.78, 5) is 104. The summed E-state index contributed by atoms with van der Waals surface area (Å²) in [6, 6.07) is 9.40. The van der Waals surface area contributed by atoms with Gasteiger partial charge in [-0.3, -0.25) is 33.4 Å². The van der Waals surface area contributed by atoms with Gasteiger partial charge in [0.1, 0.15) is 48.8 Å². The van der Waals surface area contributed by atoms with E-state index in [0.29, 0.717) is 23.4 Å². The number of pyridine rings is 1. The van der Waals surface area contributed by atoms with E-state index < -0.39 is 106 Å². The number of amides is 5. The minimum atomic E-state index is -4.72. The standard InChI is InChI=1S/C58H74N6O22S/c1-33-39(40-8-6-36(22-42(66)59-4)62-45(40)51(73)74)12-15-63(33)32-57-27-55(2)26-56(3,28-57)30-58(29-55,31-57)84-18-14-61-54(77)83-24-34-5-7-38(85-53-48(71)46(69)47(70)49(86-53)52(75)76)23-41(34)82-20-19-81-17-13-60-50(72)35(25-87(78,79)80)21-37(65)11-16-64-43(67)9-10-44(64)68/h5-10,12,15,23,35,46-49,53,69-71H,11,13-14,16-22,24-32H2,1-4H3,(H,59,66)(H,60,72)(H,61,77)(H,73,74)(H,75,76)(H,78,79,80)/t35-,46-,47-,48+,49-,53+,55?,56?,57?,58?/m0/s1. The highest BCUT2D eigenvalue weighted by Gasteiger charge is 2.66. The maximum absolute atomic E-state index is 13.3. The number of benzene rings is 1. The maximum atomic E-state index is 13.3. The summed E-state index contributed by atoms with van der Waals surface area (Å²) in [5.74, 6) is -8.51. The van der Waals surface area contributed by atoms with Gasteiger partial charge >= 0.3 is 18.0 Å². The Bertz CT molecular complexity index is 3240. The first-order valence-corrected chi connectivity index (χ1v) is 30.0. The van der Waals surface area contributed by atoms with Gasteiger partial charge in [0.25, 0.3) is 21.9 Å². The molecule has 6 aliphatic rings. The van der Waals surface area contributed by atoms with Crippen LogP contribution in [0.3, 0.4) is 0 Å². The van der Waals surface area contributed by atoms with Crippen LogP contribution in [0.5, 0.6) is 11.5 Å². The Morgan fingerprint density at radius 2 is 1.54 bits per heavy atom. The summed E-state index contributed by atoms with van der Waals surface area (Å²) >= 11 is 0. The quantitative estimate of drug-likeness (QED) is 0.0259. The molecule has 0 radical (unpaired) electrons. The number of aromatic nitrogens is 2. The molecule has 9 N–H and O–H groups in total. The second-order valence-corrected chi connectivity index (χ2v) is 25.5. The fourth-order valence-corrected chi connectivity index (χ4v) is 14.7. The molecular formula is C58H74N6O22S. The van der Waals surface area contributed by atoms with Crippen LogP contribution in [0.2, 0.25) is 0 Å². The Balaban J connectivity index is 0.854. The van der Waals surface area contributed by atoms with Crippen molar-refractivity contribution in [2.24, 2.45) is 22.2 Å². The normalized spacial score (nSPS) is 26.8. The second kappa shape index (κ2) is 26.9. The molecule has 1 aromatic carbocycles. The van der Waals surface area contributed by atoms with Gasteiger partial charge in [0.2, 0.25) is 18.1 Å². The molecular weight excluding hydrogens is 1160 g/mol. The molecule has 4 bridgehead atoms. The van der Waals surface area contributed by atoms with E-state index in [1.54, 1.807) is 12.1 Å². The molecule has 29 heteroatoms. The van der Waals surface area contributed by atoms with E-state index in [-0.39, 0.29) is 105 Å². The van der Waals surface area contributed by atoms with Crippen LogP contribution in [-0.2, 0) is 77.4 Å². The predicted molar refractivity (Wildman–Crippen MR) is 301 cm³/mol. The maximum Gasteiger partial charge on any atom is 0.407 e. The van der Waals surface area contributed by atoms with Gasteiger partial charge in [0.05, 0.1) is 49.2 Å². The van der Waals surface area contributed by atoms with Crippen molar-refractivity contribution in [1.29, 1.82) is 0 Å². The number of imide groups is 1. The average Bonchev–Trinajstić information content (AvgIpc) is 0.827. The number of nitrogens with zero attached hydrogens (tertiary/aromatic N) is 3. The molecule has 4 heterocycles. The van der Waals surface area contributed by atoms with Crippen LogP contribution in [0.15, 0.2) is 54.7 Å². The number of ether oxygens (including phenoxy) is 6. The lowest BCUT2D eigenvalue weighted by Gasteiger charge is -2.69. The van der Waals surface area contributed by atoms with Gasteiger partial charge in [-0.1, -0.05) is 19.9 Å². The smallest absolute Gasteiger partial charge is 0.407 e. The molecule has 4 saturated carbocycles. The van der Waals surface area contributed by atoms with Crippen molar-refractivity contribution < 1.29 is 105 Å². The van der Waals surface area contributed by atoms with E-state index in [2.05, 4.69) is 39.3 Å². The van der Waals surface area contributed by atoms with Gasteiger partial charge in [0, 0.05) is 92.9 Å². The van der Waals surface area contributed by atoms with Crippen molar-refractivity contribution in [2.45, 2.75) is 128 Å². The molecule has 4 aliphatic carbocycles. The highest BCUT2D eigenvalue weighted by molar-refractivity contribution is 7.85. The number of Topliss-reactive ketones (excluding diaryl/α,β-unsaturated/α-hetero) is 1. The number of hydrogen-bond acceptors (Lipinski definition) is 20. The second-order valence-electron chi connectivity index (χ2n) is 24.0. The minimum Gasteiger partial charge on any atom is -0.491 e. The lowest BCUT2D eigenvalue weighted by atomic mass is 9.39. The van der Waals surface area contributed by atoms with E-state index in [1.807, 2.05) is 19.2 Å². The van der Waals surface area contributed by atoms with Gasteiger partial charge < -0.3 is 74.5 Å². The number of aliphatic carboxylic acids is 1. The van der Waals surface area contributed by atoms with Crippen molar-refractivity contribution in [3.8, 4) is 22.6 Å². The highest BCUT2D eigenvalue weighted by atomic mass is 32.2. The number of aliphatic hydroxyl groups excluding tert-OH is 3. The molecule has 0 spiro atoms. The first-order chi connectivity index (χ1) is 41.0. The van der Waals surface area contributed by atoms with Gasteiger partial charge in [-0.15, -0.1) is 0 Å². The van der Waals surface area contributed by atoms with Crippen LogP contribution >= 0.6 is 0 Å². The Kier molecular flexibility index (Phi) is 20.3. The van der Waals surface area contributed by atoms with Crippen molar-refractivity contribution >= 4 is 57.6 Å². The van der Waals surface area contributed by atoms with E-state index in [1.165, 1.54) is 25.2 Å². The number of carbonyl (C=O) groups is 8. The molecule has 5 fully saturated rings. The minimum absolute atomic E-state index is 0.0220. The third kappa shape index (κ3) is 16.2. The molecule has 3 aromatic rings. The molecule has 8 atom stereocenters. The number of carbonyl (C=O) groups excluding carboxylic acids is 6. The zero-order chi connectivity index (χ0) is 63.2. The summed E-state index contributed by atoms with van der Waals surface area (Å²) in [6.45, 7) is 6.24. The molecule has 9 rings (SSSR count). The van der Waals surface area contributed by atoms with Gasteiger partial charge in [-0.25, -0.2) is 19.4 Å². The lowest BCUT2D eigenvalue weighted by Crippen LogP contribution is -2.64. The van der Waals surface area contributed by atoms with Gasteiger partial charge in [0.15, 0.2) is 11.8 Å². The highest BCUT2D eigenvalue weighted by Crippen LogP contribution is 2.72. The molecule has 474 valence electrons. The molecule has 2 aromatic heterocycles. The molecule has 1 saturated heterocycles. The zero-order valence-corrected chi connectivity index (χ0v) is 49.4. The molecule has 87 heavy (non-hydrogen) atoms. The fraction of sp³-hybridized carbons (Fsp3) is 0.569. The number of hydrogen-bond donors (Lipinski definition) is 9. The fourth-order valence-electron chi connectivity index (χ4n) is 14.0. The Morgan fingerprint density at radius 1 is 0.839 bits per heavy atom. The number of aromatic carboxylic acids is 1. The first kappa shape index (κ1) is 65.6. The number of ketones is 1. The van der Waals surface area contributed by atoms with Crippen LogP contribution < -0.4 is 25.4 Å². The number of rotatable bonds is 30. The number of alkyl carbamates (subject to hydrolysis) is 1. The summed E-state index contributed by atoms with van der Waals surface area (Å²) in [6.07, 6.45) is -1.89. The summed E-state index contributed by atoms with van der Waals surface area (Å²) in [7, 11) is -3.22. The largest absolute Gasteiger partial charge is 0.491 e. The average molecular weight is 1240 g/mol. The SMILES string of the molecule is CNC(=O)Cc1ccc(-c2ccn(CC34CC5(C)CC(C)(C3)CC(OCCNC(=O)OCc3ccc(O[C@@H]6O[C@H](C(=O)O)[C@@H](O)[C@H](O)[C@H]6O)cc3OCCOCCNC(=O)[C@@H](CC(=O)CCN3C(=O)C=CC3=O)CS(=O)(=O)O)(C5)C4)c2C)c(C(=O)O)n1. The Labute approximate surface area is 500 Å². The molecule has 2 unspecified atom stereocenters. The van der Waals surface area contributed by atoms with Crippen LogP contribution in [0.1, 0.15) is 92.7 Å². The van der Waals surface area contributed by atoms with Crippen LogP contribution in [0, 0.1) is 29.1 Å². The van der Waals surface area contributed by atoms with Crippen molar-refractivity contribution in [2.75, 3.05) is 58.9 Å². The lowest BCUT2D eigenvalue weighted by molar-refractivity contribution is -0.271. The van der Waals surface area contributed by atoms with Crippen LogP contribution in [0.4, 0.5) is 4.79 Å². The third-order valence-electron chi connectivity index (χ3n) is 16.5. The van der Waals surface area contributed by atoms with Crippen molar-refractivity contribution in [3.05, 3.63) is 77.4 Å². The molecule has 2 aliphatic heterocycles. The number of likely N-dealkylation sites (N-methyl/N-ethyl adjacent to an activating group) is 1. The van der Waals surface area contributed by atoms with E-state index in [9.17, 15) is 76.9 Å². The van der Waals surface area contributed by atoms with E-state index in [0.717, 1.165) is 66.8 Å². The van der Waals surface area contributed by atoms with Crippen molar-refractivity contribution in [3.63, 3.8) is 0 Å². The summed E-state index contributed by atoms with van der Waals surface area (Å²) in [5, 5.41) is 58.6. The summed E-state index contributed by atoms with van der Waals surface area (Å²) < 4.78 is 70.1. The van der Waals surface area contributed by atoms with Gasteiger partial charge in [-0.05, 0) is 86.0 Å². The molecule has 28 nitrogen and oxygen atoms in total. The van der Waals surface area contributed by atoms with Crippen LogP contribution in [0.25, 0.3) is 11.1 Å². The van der Waals surface area contributed by atoms with Crippen molar-refractivity contribution in [1.82, 2.24) is 30.4 Å². The third-order valence-corrected chi connectivity index (χ3v) is 17.3. The van der Waals surface area contributed by atoms with Crippen LogP contribution in [-0.4, -0.2) is 196 Å².